The molecular formula is C13H16ClF3O3. The smallest absolute Gasteiger partial charge is 0.395 e. The quantitative estimate of drug-likeness (QED) is 0.761. The molecule has 0 aliphatic rings. The van der Waals surface area contributed by atoms with E-state index in [4.69, 9.17) is 11.6 Å². The molecule has 0 aromatic heterocycles. The lowest BCUT2D eigenvalue weighted by Gasteiger charge is -2.30. The van der Waals surface area contributed by atoms with Gasteiger partial charge in [0.1, 0.15) is 6.61 Å². The number of hydrogen-bond donors (Lipinski definition) is 2. The van der Waals surface area contributed by atoms with E-state index in [1.165, 1.54) is 0 Å². The number of rotatable bonds is 7. The first kappa shape index (κ1) is 17.2. The van der Waals surface area contributed by atoms with Gasteiger partial charge in [0.2, 0.25) is 0 Å². The Hall–Kier alpha value is -0.820. The summed E-state index contributed by atoms with van der Waals surface area (Å²) in [6.45, 7) is -2.42. The van der Waals surface area contributed by atoms with Gasteiger partial charge in [0, 0.05) is 17.0 Å². The zero-order valence-electron chi connectivity index (χ0n) is 10.7. The minimum Gasteiger partial charge on any atom is -0.395 e. The summed E-state index contributed by atoms with van der Waals surface area (Å²) in [5.74, 6) is 0. The molecule has 2 N–H and O–H groups in total. The van der Waals surface area contributed by atoms with E-state index >= 15 is 0 Å². The van der Waals surface area contributed by atoms with E-state index in [9.17, 15) is 23.4 Å². The highest BCUT2D eigenvalue weighted by Gasteiger charge is 2.32. The van der Waals surface area contributed by atoms with Gasteiger partial charge in [-0.25, -0.2) is 0 Å². The van der Waals surface area contributed by atoms with Crippen LogP contribution in [0.3, 0.4) is 0 Å². The van der Waals surface area contributed by atoms with Gasteiger partial charge in [-0.15, -0.1) is 0 Å². The maximum absolute atomic E-state index is 12.0. The van der Waals surface area contributed by atoms with Crippen LogP contribution in [-0.2, 0) is 10.2 Å². The van der Waals surface area contributed by atoms with Gasteiger partial charge >= 0.3 is 6.18 Å². The summed E-state index contributed by atoms with van der Waals surface area (Å²) in [7, 11) is 0. The second kappa shape index (κ2) is 7.26. The Morgan fingerprint density at radius 1 is 1.15 bits per heavy atom. The summed E-state index contributed by atoms with van der Waals surface area (Å²) < 4.78 is 40.5. The summed E-state index contributed by atoms with van der Waals surface area (Å²) in [5.41, 5.74) is -0.512. The highest BCUT2D eigenvalue weighted by molar-refractivity contribution is 6.30. The van der Waals surface area contributed by atoms with E-state index in [-0.39, 0.29) is 13.0 Å². The number of aliphatic hydroxyl groups excluding tert-OH is 2. The number of hydrogen-bond acceptors (Lipinski definition) is 3. The Labute approximate surface area is 119 Å². The van der Waals surface area contributed by atoms with Gasteiger partial charge in [-0.05, 0) is 24.1 Å². The molecule has 0 atom stereocenters. The zero-order chi connectivity index (χ0) is 15.2. The van der Waals surface area contributed by atoms with Crippen molar-refractivity contribution in [2.45, 2.75) is 18.0 Å². The first-order valence-electron chi connectivity index (χ1n) is 5.95. The fourth-order valence-electron chi connectivity index (χ4n) is 1.81. The van der Waals surface area contributed by atoms with Crippen LogP contribution in [0.5, 0.6) is 0 Å². The minimum absolute atomic E-state index is 0.0520. The zero-order valence-corrected chi connectivity index (χ0v) is 11.4. The number of aliphatic hydroxyl groups is 2. The summed E-state index contributed by atoms with van der Waals surface area (Å²) in [4.78, 5) is 0. The Morgan fingerprint density at radius 3 is 2.30 bits per heavy atom. The van der Waals surface area contributed by atoms with E-state index in [1.54, 1.807) is 24.3 Å². The Bertz CT molecular complexity index is 420. The molecule has 0 unspecified atom stereocenters. The van der Waals surface area contributed by atoms with Crippen LogP contribution in [0.25, 0.3) is 0 Å². The summed E-state index contributed by atoms with van der Waals surface area (Å²) in [6.07, 6.45) is -4.34. The van der Waals surface area contributed by atoms with Crippen LogP contribution in [0.4, 0.5) is 13.2 Å². The lowest BCUT2D eigenvalue weighted by molar-refractivity contribution is -0.175. The number of halogens is 4. The largest absolute Gasteiger partial charge is 0.411 e. The normalized spacial score (nSPS) is 12.7. The number of alkyl halides is 3. The minimum atomic E-state index is -4.39. The van der Waals surface area contributed by atoms with Crippen LogP contribution < -0.4 is 0 Å². The molecule has 0 bridgehead atoms. The average molecular weight is 313 g/mol. The van der Waals surface area contributed by atoms with E-state index in [1.807, 2.05) is 0 Å². The Morgan fingerprint density at radius 2 is 1.80 bits per heavy atom. The molecule has 3 nitrogen and oxygen atoms in total. The molecule has 0 aliphatic carbocycles. The standard InChI is InChI=1S/C13H16ClF3O3/c14-11-3-1-2-10(6-11)12(7-18,8-19)4-5-20-9-13(15,16)17/h1-3,6,18-19H,4-5,7-9H2. The summed E-state index contributed by atoms with van der Waals surface area (Å²) >= 11 is 5.84. The second-order valence-electron chi connectivity index (χ2n) is 4.52. The molecular weight excluding hydrogens is 297 g/mol. The monoisotopic (exact) mass is 312 g/mol. The second-order valence-corrected chi connectivity index (χ2v) is 4.96. The summed E-state index contributed by atoms with van der Waals surface area (Å²) in [6, 6.07) is 6.50. The van der Waals surface area contributed by atoms with Crippen LogP contribution >= 0.6 is 11.6 Å². The molecule has 1 aromatic carbocycles. The molecule has 0 amide bonds. The predicted molar refractivity (Wildman–Crippen MR) is 68.8 cm³/mol. The van der Waals surface area contributed by atoms with Crippen LogP contribution in [-0.4, -0.2) is 42.8 Å². The van der Waals surface area contributed by atoms with Crippen LogP contribution in [0.2, 0.25) is 5.02 Å². The maximum Gasteiger partial charge on any atom is 0.411 e. The molecule has 0 radical (unpaired) electrons. The lowest BCUT2D eigenvalue weighted by Crippen LogP contribution is -2.36. The molecule has 114 valence electrons. The molecule has 0 saturated heterocycles. The highest BCUT2D eigenvalue weighted by Crippen LogP contribution is 2.29. The molecule has 0 fully saturated rings. The summed E-state index contributed by atoms with van der Waals surface area (Å²) in [5, 5.41) is 19.4. The fraction of sp³-hybridized carbons (Fsp3) is 0.538. The van der Waals surface area contributed by atoms with Crippen molar-refractivity contribution in [3.8, 4) is 0 Å². The van der Waals surface area contributed by atoms with Crippen LogP contribution in [0, 0.1) is 0 Å². The first-order chi connectivity index (χ1) is 9.33. The van der Waals surface area contributed by atoms with E-state index in [0.717, 1.165) is 0 Å². The average Bonchev–Trinajstić information content (AvgIpc) is 2.38. The maximum atomic E-state index is 12.0. The van der Waals surface area contributed by atoms with Crippen molar-refractivity contribution in [1.82, 2.24) is 0 Å². The van der Waals surface area contributed by atoms with Crippen molar-refractivity contribution >= 4 is 11.6 Å². The third-order valence-electron chi connectivity index (χ3n) is 3.03. The topological polar surface area (TPSA) is 49.7 Å². The molecule has 0 aliphatic heterocycles. The van der Waals surface area contributed by atoms with E-state index in [0.29, 0.717) is 10.6 Å². The van der Waals surface area contributed by atoms with Gasteiger partial charge in [-0.2, -0.15) is 13.2 Å². The van der Waals surface area contributed by atoms with Crippen LogP contribution in [0.1, 0.15) is 12.0 Å². The molecule has 0 spiro atoms. The SMILES string of the molecule is OCC(CO)(CCOCC(F)(F)F)c1cccc(Cl)c1. The molecule has 0 saturated carbocycles. The predicted octanol–water partition coefficient (Wildman–Crippen LogP) is 2.53. The number of benzene rings is 1. The van der Waals surface area contributed by atoms with Crippen molar-refractivity contribution in [3.05, 3.63) is 34.9 Å². The van der Waals surface area contributed by atoms with E-state index < -0.39 is 31.4 Å². The van der Waals surface area contributed by atoms with Crippen molar-refractivity contribution in [2.24, 2.45) is 0 Å². The van der Waals surface area contributed by atoms with Crippen molar-refractivity contribution in [2.75, 3.05) is 26.4 Å². The third-order valence-corrected chi connectivity index (χ3v) is 3.27. The van der Waals surface area contributed by atoms with Gasteiger partial charge < -0.3 is 14.9 Å². The van der Waals surface area contributed by atoms with Gasteiger partial charge in [-0.3, -0.25) is 0 Å². The van der Waals surface area contributed by atoms with Gasteiger partial charge in [0.05, 0.1) is 13.2 Å². The molecule has 7 heteroatoms. The fourth-order valence-corrected chi connectivity index (χ4v) is 2.00. The number of ether oxygens (including phenoxy) is 1. The van der Waals surface area contributed by atoms with Gasteiger partial charge in [0.15, 0.2) is 0 Å². The van der Waals surface area contributed by atoms with Crippen LogP contribution in [0.15, 0.2) is 24.3 Å². The van der Waals surface area contributed by atoms with Gasteiger partial charge in [0.25, 0.3) is 0 Å². The molecule has 1 aromatic rings. The molecule has 1 rings (SSSR count). The molecule has 20 heavy (non-hydrogen) atoms. The Kier molecular flexibility index (Phi) is 6.26. The highest BCUT2D eigenvalue weighted by atomic mass is 35.5. The third kappa shape index (κ3) is 4.94. The van der Waals surface area contributed by atoms with Crippen molar-refractivity contribution in [1.29, 1.82) is 0 Å². The Balaban J connectivity index is 2.72. The van der Waals surface area contributed by atoms with Crippen molar-refractivity contribution < 1.29 is 28.1 Å². The lowest BCUT2D eigenvalue weighted by atomic mass is 9.79. The van der Waals surface area contributed by atoms with Gasteiger partial charge in [-0.1, -0.05) is 23.7 Å². The van der Waals surface area contributed by atoms with E-state index in [2.05, 4.69) is 4.74 Å². The molecule has 0 heterocycles. The first-order valence-corrected chi connectivity index (χ1v) is 6.33. The van der Waals surface area contributed by atoms with Crippen molar-refractivity contribution in [3.63, 3.8) is 0 Å².